The molecule has 1 N–H and O–H groups in total. The molecule has 0 aliphatic carbocycles. The molecule has 0 radical (unpaired) electrons. The fourth-order valence-corrected chi connectivity index (χ4v) is 4.61. The summed E-state index contributed by atoms with van der Waals surface area (Å²) in [6.07, 6.45) is 0.330. The Morgan fingerprint density at radius 3 is 2.70 bits per heavy atom. The van der Waals surface area contributed by atoms with Crippen molar-refractivity contribution in [1.82, 2.24) is 9.78 Å². The number of thioether (sulfide) groups is 1. The lowest BCUT2D eigenvalue weighted by Gasteiger charge is -2.29. The quantitative estimate of drug-likeness (QED) is 0.667. The number of aryl methyl sites for hydroxylation is 2. The van der Waals surface area contributed by atoms with E-state index >= 15 is 0 Å². The molecule has 0 bridgehead atoms. The molecule has 1 aliphatic rings. The number of hydrogen-bond donors (Lipinski definition) is 1. The van der Waals surface area contributed by atoms with Crippen LogP contribution in [-0.4, -0.2) is 33.9 Å². The number of nitrogens with one attached hydrogen (secondary N) is 1. The van der Waals surface area contributed by atoms with Crippen LogP contribution in [0.5, 0.6) is 0 Å². The standard InChI is InChI=1S/C23H24N4O2S/c1-16-14-17(2)27(25-16)19-7-5-6-18(15-19)24-22(28)10-11-23(29)26-12-13-30-21-9-4-3-8-20(21)26/h3-9,14-15H,10-13H2,1-2H3,(H,24,28). The van der Waals surface area contributed by atoms with Gasteiger partial charge in [0.2, 0.25) is 11.8 Å². The molecule has 30 heavy (non-hydrogen) atoms. The van der Waals surface area contributed by atoms with Crippen molar-refractivity contribution in [2.75, 3.05) is 22.5 Å². The van der Waals surface area contributed by atoms with Gasteiger partial charge in [0, 0.05) is 41.4 Å². The van der Waals surface area contributed by atoms with Gasteiger partial charge in [0.05, 0.1) is 17.1 Å². The summed E-state index contributed by atoms with van der Waals surface area (Å²) < 4.78 is 1.85. The molecular weight excluding hydrogens is 396 g/mol. The minimum absolute atomic E-state index is 0.0192. The third-order valence-corrected chi connectivity index (χ3v) is 6.02. The van der Waals surface area contributed by atoms with Crippen molar-refractivity contribution in [3.05, 3.63) is 66.0 Å². The number of anilines is 2. The highest BCUT2D eigenvalue weighted by atomic mass is 32.2. The molecule has 3 aromatic rings. The number of rotatable bonds is 5. The summed E-state index contributed by atoms with van der Waals surface area (Å²) in [6.45, 7) is 4.62. The number of carbonyl (C=O) groups is 2. The van der Waals surface area contributed by atoms with Crippen molar-refractivity contribution < 1.29 is 9.59 Å². The summed E-state index contributed by atoms with van der Waals surface area (Å²) >= 11 is 1.76. The van der Waals surface area contributed by atoms with E-state index in [1.165, 1.54) is 0 Å². The van der Waals surface area contributed by atoms with Crippen molar-refractivity contribution in [3.8, 4) is 5.69 Å². The number of amides is 2. The summed E-state index contributed by atoms with van der Waals surface area (Å²) in [4.78, 5) is 28.1. The summed E-state index contributed by atoms with van der Waals surface area (Å²) in [5, 5.41) is 7.38. The van der Waals surface area contributed by atoms with Crippen LogP contribution in [0.15, 0.2) is 59.5 Å². The van der Waals surface area contributed by atoms with Crippen LogP contribution in [0, 0.1) is 13.8 Å². The molecule has 0 atom stereocenters. The maximum absolute atomic E-state index is 12.7. The van der Waals surface area contributed by atoms with Gasteiger partial charge in [-0.05, 0) is 50.2 Å². The van der Waals surface area contributed by atoms with Crippen LogP contribution in [0.4, 0.5) is 11.4 Å². The van der Waals surface area contributed by atoms with Gasteiger partial charge < -0.3 is 10.2 Å². The van der Waals surface area contributed by atoms with E-state index in [1.807, 2.05) is 73.1 Å². The molecule has 0 saturated heterocycles. The Morgan fingerprint density at radius 2 is 1.90 bits per heavy atom. The average molecular weight is 421 g/mol. The second-order valence-electron chi connectivity index (χ2n) is 7.30. The predicted molar refractivity (Wildman–Crippen MR) is 120 cm³/mol. The first-order valence-electron chi connectivity index (χ1n) is 9.97. The third kappa shape index (κ3) is 4.41. The Balaban J connectivity index is 1.37. The molecule has 2 amide bonds. The number of nitrogens with zero attached hydrogens (tertiary/aromatic N) is 3. The minimum atomic E-state index is -0.173. The smallest absolute Gasteiger partial charge is 0.227 e. The van der Waals surface area contributed by atoms with Crippen molar-refractivity contribution in [1.29, 1.82) is 0 Å². The maximum atomic E-state index is 12.7. The molecule has 2 aromatic carbocycles. The molecule has 1 aliphatic heterocycles. The predicted octanol–water partition coefficient (Wildman–Crippen LogP) is 4.35. The topological polar surface area (TPSA) is 67.2 Å². The number of fused-ring (bicyclic) bond motifs is 1. The summed E-state index contributed by atoms with van der Waals surface area (Å²) in [6, 6.07) is 17.5. The minimum Gasteiger partial charge on any atom is -0.326 e. The largest absolute Gasteiger partial charge is 0.326 e. The number of aromatic nitrogens is 2. The summed E-state index contributed by atoms with van der Waals surface area (Å²) in [5.41, 5.74) is 4.49. The molecule has 4 rings (SSSR count). The Bertz CT molecular complexity index is 1090. The van der Waals surface area contributed by atoms with E-state index in [9.17, 15) is 9.59 Å². The Morgan fingerprint density at radius 1 is 1.07 bits per heavy atom. The van der Waals surface area contributed by atoms with Crippen molar-refractivity contribution in [2.45, 2.75) is 31.6 Å². The molecule has 0 unspecified atom stereocenters. The lowest BCUT2D eigenvalue weighted by atomic mass is 10.2. The molecule has 0 saturated carbocycles. The van der Waals surface area contributed by atoms with Gasteiger partial charge >= 0.3 is 0 Å². The van der Waals surface area contributed by atoms with Crippen LogP contribution in [0.3, 0.4) is 0 Å². The average Bonchev–Trinajstić information content (AvgIpc) is 3.09. The second kappa shape index (κ2) is 8.75. The zero-order valence-corrected chi connectivity index (χ0v) is 17.9. The molecule has 2 heterocycles. The van der Waals surface area contributed by atoms with Crippen LogP contribution in [0.25, 0.3) is 5.69 Å². The Kier molecular flexibility index (Phi) is 5.90. The molecular formula is C23H24N4O2S. The second-order valence-corrected chi connectivity index (χ2v) is 8.44. The van der Waals surface area contributed by atoms with Crippen LogP contribution < -0.4 is 10.2 Å². The van der Waals surface area contributed by atoms with E-state index in [0.717, 1.165) is 33.4 Å². The molecule has 1 aromatic heterocycles. The first kappa shape index (κ1) is 20.2. The maximum Gasteiger partial charge on any atom is 0.227 e. The third-order valence-electron chi connectivity index (χ3n) is 4.98. The van der Waals surface area contributed by atoms with Gasteiger partial charge in [0.1, 0.15) is 0 Å². The van der Waals surface area contributed by atoms with Gasteiger partial charge in [-0.1, -0.05) is 18.2 Å². The Hall–Kier alpha value is -3.06. The summed E-state index contributed by atoms with van der Waals surface area (Å²) in [5.74, 6) is 0.677. The molecule has 7 heteroatoms. The fourth-order valence-electron chi connectivity index (χ4n) is 3.61. The van der Waals surface area contributed by atoms with Crippen LogP contribution in [-0.2, 0) is 9.59 Å². The van der Waals surface area contributed by atoms with Crippen LogP contribution in [0.2, 0.25) is 0 Å². The van der Waals surface area contributed by atoms with Gasteiger partial charge in [-0.3, -0.25) is 9.59 Å². The number of hydrogen-bond acceptors (Lipinski definition) is 4. The summed E-state index contributed by atoms with van der Waals surface area (Å²) in [7, 11) is 0. The number of carbonyl (C=O) groups excluding carboxylic acids is 2. The van der Waals surface area contributed by atoms with E-state index in [-0.39, 0.29) is 24.7 Å². The van der Waals surface area contributed by atoms with Gasteiger partial charge in [0.15, 0.2) is 0 Å². The van der Waals surface area contributed by atoms with E-state index in [2.05, 4.69) is 10.4 Å². The SMILES string of the molecule is Cc1cc(C)n(-c2cccc(NC(=O)CCC(=O)N3CCSc4ccccc43)c2)n1. The lowest BCUT2D eigenvalue weighted by Crippen LogP contribution is -2.35. The van der Waals surface area contributed by atoms with E-state index in [4.69, 9.17) is 0 Å². The molecule has 0 spiro atoms. The first-order chi connectivity index (χ1) is 14.5. The molecule has 154 valence electrons. The number of benzene rings is 2. The van der Waals surface area contributed by atoms with Crippen molar-refractivity contribution in [2.24, 2.45) is 0 Å². The number of para-hydroxylation sites is 1. The monoisotopic (exact) mass is 420 g/mol. The zero-order chi connectivity index (χ0) is 21.1. The normalized spacial score (nSPS) is 13.1. The van der Waals surface area contributed by atoms with Crippen LogP contribution in [0.1, 0.15) is 24.2 Å². The molecule has 0 fully saturated rings. The highest BCUT2D eigenvalue weighted by Gasteiger charge is 2.22. The van der Waals surface area contributed by atoms with Gasteiger partial charge in [-0.2, -0.15) is 5.10 Å². The first-order valence-corrected chi connectivity index (χ1v) is 11.0. The van der Waals surface area contributed by atoms with E-state index in [0.29, 0.717) is 12.2 Å². The molecule has 6 nitrogen and oxygen atoms in total. The van der Waals surface area contributed by atoms with Gasteiger partial charge in [0.25, 0.3) is 0 Å². The van der Waals surface area contributed by atoms with Crippen LogP contribution >= 0.6 is 11.8 Å². The fraction of sp³-hybridized carbons (Fsp3) is 0.261. The zero-order valence-electron chi connectivity index (χ0n) is 17.1. The van der Waals surface area contributed by atoms with Crippen molar-refractivity contribution >= 4 is 35.0 Å². The Labute approximate surface area is 180 Å². The van der Waals surface area contributed by atoms with Crippen molar-refractivity contribution in [3.63, 3.8) is 0 Å². The highest BCUT2D eigenvalue weighted by Crippen LogP contribution is 2.34. The highest BCUT2D eigenvalue weighted by molar-refractivity contribution is 7.99. The van der Waals surface area contributed by atoms with Gasteiger partial charge in [-0.15, -0.1) is 11.8 Å². The van der Waals surface area contributed by atoms with E-state index < -0.39 is 0 Å². The van der Waals surface area contributed by atoms with Gasteiger partial charge in [-0.25, -0.2) is 4.68 Å². The van der Waals surface area contributed by atoms with E-state index in [1.54, 1.807) is 16.7 Å². The lowest BCUT2D eigenvalue weighted by molar-refractivity contribution is -0.122.